The molecule has 438 valence electrons. The van der Waals surface area contributed by atoms with Crippen LogP contribution in [0.4, 0.5) is 68.2 Å². The molecule has 0 spiro atoms. The van der Waals surface area contributed by atoms with E-state index in [2.05, 4.69) is 363 Å². The van der Waals surface area contributed by atoms with Gasteiger partial charge in [-0.25, -0.2) is 0 Å². The summed E-state index contributed by atoms with van der Waals surface area (Å²) in [5, 5.41) is 7.13. The van der Waals surface area contributed by atoms with Crippen LogP contribution in [0.5, 0.6) is 0 Å². The van der Waals surface area contributed by atoms with Gasteiger partial charge in [0.25, 0.3) is 0 Å². The van der Waals surface area contributed by atoms with Crippen LogP contribution in [0.15, 0.2) is 315 Å². The molecule has 2 aromatic heterocycles. The van der Waals surface area contributed by atoms with Crippen LogP contribution >= 0.6 is 22.7 Å². The standard InChI is InChI=1S/C82H64N4S2.C2H6/c1-57(2)15-11-16-60-31-37-69(38-32-60)84(78-26-12-20-61-17-5-8-23-75(61)78)72-49-43-66(44-50-72)83(67-45-51-73(52-46-67)85(79-27-13-21-62-18-6-9-24-76(62)79)70-39-33-64(34-40-70)81-55-29-58(3)87-81)68-47-53-74(54-48-68)86(80-28-14-22-63-19-7-10-25-77(63)80)71-41-35-65(36-42-71)82-56-30-59(4)88-82;1-2/h5-56H,1-4H3;1-2H3/b16-11+;. The lowest BCUT2D eigenvalue weighted by Gasteiger charge is -2.31. The molecular weight excluding hydrogens is 1130 g/mol. The van der Waals surface area contributed by atoms with Crippen molar-refractivity contribution < 1.29 is 0 Å². The second kappa shape index (κ2) is 26.5. The van der Waals surface area contributed by atoms with E-state index in [4.69, 9.17) is 0 Å². The average Bonchev–Trinajstić information content (AvgIpc) is 1.32. The minimum atomic E-state index is 1.03. The molecule has 0 unspecified atom stereocenters. The molecule has 0 saturated heterocycles. The SMILES string of the molecule is CC.CC(C)=C/C=C/c1ccc(N(c2ccc(N(c3ccc(N(c4ccc(-c5ccc(C)s5)cc4)c4cccc5ccccc45)cc3)c3ccc(N(c4ccc(-c5ccc(C)s5)cc4)c4cccc5ccccc45)cc3)cc2)c2cccc3ccccc23)cc1. The molecule has 14 rings (SSSR count). The normalized spacial score (nSPS) is 11.2. The lowest BCUT2D eigenvalue weighted by atomic mass is 10.0. The number of hydrogen-bond acceptors (Lipinski definition) is 6. The van der Waals surface area contributed by atoms with Gasteiger partial charge in [-0.2, -0.15) is 0 Å². The number of nitrogens with zero attached hydrogens (tertiary/aromatic N) is 4. The summed E-state index contributed by atoms with van der Waals surface area (Å²) < 4.78 is 0. The van der Waals surface area contributed by atoms with Crippen LogP contribution in [0.25, 0.3) is 59.3 Å². The first-order valence-electron chi connectivity index (χ1n) is 31.0. The molecule has 0 aliphatic carbocycles. The maximum atomic E-state index is 2.40. The predicted molar refractivity (Wildman–Crippen MR) is 394 cm³/mol. The van der Waals surface area contributed by atoms with Crippen LogP contribution in [0.1, 0.15) is 43.0 Å². The zero-order valence-corrected chi connectivity index (χ0v) is 53.3. The van der Waals surface area contributed by atoms with Crippen molar-refractivity contribution in [3.05, 3.63) is 330 Å². The summed E-state index contributed by atoms with van der Waals surface area (Å²) in [4.78, 5) is 14.7. The molecule has 12 aromatic carbocycles. The molecule has 0 aliphatic rings. The van der Waals surface area contributed by atoms with Crippen LogP contribution in [0, 0.1) is 13.8 Å². The summed E-state index contributed by atoms with van der Waals surface area (Å²) in [6.07, 6.45) is 6.43. The van der Waals surface area contributed by atoms with Crippen molar-refractivity contribution in [2.45, 2.75) is 41.5 Å². The van der Waals surface area contributed by atoms with Gasteiger partial charge in [0.05, 0.1) is 17.1 Å². The fourth-order valence-corrected chi connectivity index (χ4v) is 13.8. The van der Waals surface area contributed by atoms with Crippen LogP contribution in [-0.4, -0.2) is 0 Å². The third-order valence-corrected chi connectivity index (χ3v) is 18.4. The van der Waals surface area contributed by atoms with E-state index >= 15 is 0 Å². The predicted octanol–water partition coefficient (Wildman–Crippen LogP) is 26.1. The van der Waals surface area contributed by atoms with E-state index in [0.717, 1.165) is 73.8 Å². The number of hydrogen-bond donors (Lipinski definition) is 0. The maximum absolute atomic E-state index is 2.40. The molecule has 0 aliphatic heterocycles. The monoisotopic (exact) mass is 1200 g/mol. The number of fused-ring (bicyclic) bond motifs is 3. The summed E-state index contributed by atoms with van der Waals surface area (Å²) in [6.45, 7) is 12.6. The summed E-state index contributed by atoms with van der Waals surface area (Å²) >= 11 is 3.66. The van der Waals surface area contributed by atoms with Crippen molar-refractivity contribution in [1.29, 1.82) is 0 Å². The Kier molecular flexibility index (Phi) is 17.2. The van der Waals surface area contributed by atoms with Gasteiger partial charge in [-0.05, 0) is 212 Å². The Bertz CT molecular complexity index is 4590. The van der Waals surface area contributed by atoms with E-state index in [1.54, 1.807) is 0 Å². The van der Waals surface area contributed by atoms with Crippen LogP contribution < -0.4 is 19.6 Å². The van der Waals surface area contributed by atoms with Gasteiger partial charge in [-0.3, -0.25) is 0 Å². The van der Waals surface area contributed by atoms with Crippen LogP contribution in [-0.2, 0) is 0 Å². The summed E-state index contributed by atoms with van der Waals surface area (Å²) in [6, 6.07) is 109. The Morgan fingerprint density at radius 1 is 0.289 bits per heavy atom. The topological polar surface area (TPSA) is 13.0 Å². The number of benzene rings is 12. The maximum Gasteiger partial charge on any atom is 0.0540 e. The first-order chi connectivity index (χ1) is 44.3. The van der Waals surface area contributed by atoms with Gasteiger partial charge in [0.2, 0.25) is 0 Å². The third-order valence-electron chi connectivity index (χ3n) is 16.3. The van der Waals surface area contributed by atoms with Gasteiger partial charge in [-0.15, -0.1) is 22.7 Å². The Hall–Kier alpha value is -10.5. The van der Waals surface area contributed by atoms with Crippen molar-refractivity contribution in [2.75, 3.05) is 19.6 Å². The largest absolute Gasteiger partial charge is 0.310 e. The molecule has 0 atom stereocenters. The highest BCUT2D eigenvalue weighted by Gasteiger charge is 2.22. The number of aryl methyl sites for hydroxylation is 2. The van der Waals surface area contributed by atoms with Gasteiger partial charge < -0.3 is 19.6 Å². The fourth-order valence-electron chi connectivity index (χ4n) is 12.0. The zero-order valence-electron chi connectivity index (χ0n) is 51.6. The van der Waals surface area contributed by atoms with Crippen molar-refractivity contribution >= 4 is 129 Å². The second-order valence-electron chi connectivity index (χ2n) is 22.5. The van der Waals surface area contributed by atoms with Gasteiger partial charge >= 0.3 is 0 Å². The molecule has 14 aromatic rings. The first kappa shape index (κ1) is 58.5. The molecule has 0 fully saturated rings. The minimum absolute atomic E-state index is 1.03. The third kappa shape index (κ3) is 12.2. The molecule has 90 heavy (non-hydrogen) atoms. The number of rotatable bonds is 16. The van der Waals surface area contributed by atoms with Crippen molar-refractivity contribution in [1.82, 2.24) is 0 Å². The molecule has 4 nitrogen and oxygen atoms in total. The quantitative estimate of drug-likeness (QED) is 0.0894. The molecule has 2 heterocycles. The van der Waals surface area contributed by atoms with E-state index in [9.17, 15) is 0 Å². The molecule has 0 amide bonds. The van der Waals surface area contributed by atoms with E-state index in [1.807, 2.05) is 36.5 Å². The number of anilines is 12. The van der Waals surface area contributed by atoms with Gasteiger partial charge in [0.15, 0.2) is 0 Å². The Labute approximate surface area is 538 Å². The van der Waals surface area contributed by atoms with E-state index in [1.165, 1.54) is 68.5 Å². The van der Waals surface area contributed by atoms with Crippen molar-refractivity contribution in [3.8, 4) is 20.9 Å². The highest BCUT2D eigenvalue weighted by Crippen LogP contribution is 2.47. The smallest absolute Gasteiger partial charge is 0.0540 e. The Morgan fingerprint density at radius 3 is 0.867 bits per heavy atom. The zero-order chi connectivity index (χ0) is 61.5. The molecular formula is C84H70N4S2. The average molecular weight is 1200 g/mol. The van der Waals surface area contributed by atoms with Crippen molar-refractivity contribution in [3.63, 3.8) is 0 Å². The highest BCUT2D eigenvalue weighted by molar-refractivity contribution is 7.15. The number of allylic oxidation sites excluding steroid dienone is 3. The first-order valence-corrected chi connectivity index (χ1v) is 32.6. The van der Waals surface area contributed by atoms with E-state index in [0.29, 0.717) is 0 Å². The van der Waals surface area contributed by atoms with E-state index < -0.39 is 0 Å². The fraction of sp³-hybridized carbons (Fsp3) is 0.0714. The van der Waals surface area contributed by atoms with Gasteiger partial charge in [-0.1, -0.05) is 183 Å². The second-order valence-corrected chi connectivity index (χ2v) is 25.1. The van der Waals surface area contributed by atoms with Gasteiger partial charge in [0, 0.05) is 86.9 Å². The minimum Gasteiger partial charge on any atom is -0.310 e. The molecule has 0 bridgehead atoms. The molecule has 6 heteroatoms. The molecule has 0 radical (unpaired) electrons. The summed E-state index contributed by atoms with van der Waals surface area (Å²) in [7, 11) is 0. The highest BCUT2D eigenvalue weighted by atomic mass is 32.1. The number of thiophene rings is 2. The Balaban J connectivity index is 0.00000368. The lowest BCUT2D eigenvalue weighted by Crippen LogP contribution is -2.14. The van der Waals surface area contributed by atoms with E-state index in [-0.39, 0.29) is 0 Å². The van der Waals surface area contributed by atoms with Crippen molar-refractivity contribution in [2.24, 2.45) is 0 Å². The lowest BCUT2D eigenvalue weighted by molar-refractivity contribution is 1.24. The Morgan fingerprint density at radius 2 is 0.567 bits per heavy atom. The van der Waals surface area contributed by atoms with Gasteiger partial charge in [0.1, 0.15) is 0 Å². The molecule has 0 saturated carbocycles. The summed E-state index contributed by atoms with van der Waals surface area (Å²) in [5.74, 6) is 0. The molecule has 0 N–H and O–H groups in total. The summed E-state index contributed by atoms with van der Waals surface area (Å²) in [5.41, 5.74) is 17.7. The van der Waals surface area contributed by atoms with Crippen LogP contribution in [0.3, 0.4) is 0 Å². The van der Waals surface area contributed by atoms with Crippen LogP contribution in [0.2, 0.25) is 0 Å².